The number of aromatic nitrogens is 2. The van der Waals surface area contributed by atoms with Crippen molar-refractivity contribution in [3.63, 3.8) is 0 Å². The molecule has 24 heavy (non-hydrogen) atoms. The molecule has 1 saturated heterocycles. The van der Waals surface area contributed by atoms with Gasteiger partial charge in [0.1, 0.15) is 12.2 Å². The van der Waals surface area contributed by atoms with Gasteiger partial charge in [-0.25, -0.2) is 14.0 Å². The van der Waals surface area contributed by atoms with Crippen molar-refractivity contribution in [3.05, 3.63) is 22.5 Å². The van der Waals surface area contributed by atoms with Gasteiger partial charge in [-0.3, -0.25) is 4.57 Å². The maximum atomic E-state index is 14.0. The van der Waals surface area contributed by atoms with E-state index in [4.69, 9.17) is 4.74 Å². The number of nitrogens with zero attached hydrogens (tertiary/aromatic N) is 2. The molecule has 134 valence electrons. The zero-order chi connectivity index (χ0) is 18.0. The number of carbonyl (C=O) groups excluding carboxylic acids is 1. The van der Waals surface area contributed by atoms with E-state index in [2.05, 4.69) is 9.82 Å². The number of ether oxygens (including phenoxy) is 1. The van der Waals surface area contributed by atoms with Crippen molar-refractivity contribution >= 4 is 11.8 Å². The van der Waals surface area contributed by atoms with E-state index in [9.17, 15) is 24.2 Å². The summed E-state index contributed by atoms with van der Waals surface area (Å²) in [6.07, 6.45) is -3.73. The van der Waals surface area contributed by atoms with Gasteiger partial charge in [0.2, 0.25) is 5.82 Å². The van der Waals surface area contributed by atoms with Crippen molar-refractivity contribution in [1.82, 2.24) is 9.55 Å². The van der Waals surface area contributed by atoms with Crippen LogP contribution in [0.3, 0.4) is 0 Å². The smallest absolute Gasteiger partial charge is 0.352 e. The van der Waals surface area contributed by atoms with Crippen LogP contribution in [0.4, 0.5) is 10.2 Å². The Bertz CT molecular complexity index is 664. The Balaban J connectivity index is 2.14. The van der Waals surface area contributed by atoms with Gasteiger partial charge in [-0.2, -0.15) is 10.5 Å². The molecule has 0 amide bonds. The lowest BCUT2D eigenvalue weighted by Crippen LogP contribution is -2.36. The first kappa shape index (κ1) is 18.3. The van der Waals surface area contributed by atoms with Crippen molar-refractivity contribution in [3.8, 4) is 0 Å². The third kappa shape index (κ3) is 3.89. The second-order valence-electron chi connectivity index (χ2n) is 6.01. The van der Waals surface area contributed by atoms with Crippen molar-refractivity contribution in [2.45, 2.75) is 51.7 Å². The Morgan fingerprint density at radius 2 is 2.17 bits per heavy atom. The Morgan fingerprint density at radius 1 is 1.50 bits per heavy atom. The Morgan fingerprint density at radius 3 is 2.71 bits per heavy atom. The zero-order valence-electron chi connectivity index (χ0n) is 13.5. The topological polar surface area (TPSA) is 123 Å². The van der Waals surface area contributed by atoms with E-state index < -0.39 is 47.8 Å². The molecule has 1 fully saturated rings. The third-order valence-electron chi connectivity index (χ3n) is 3.49. The molecule has 1 aromatic heterocycles. The molecule has 0 bridgehead atoms. The highest BCUT2D eigenvalue weighted by Gasteiger charge is 2.42. The van der Waals surface area contributed by atoms with Crippen LogP contribution < -0.4 is 11.2 Å². The van der Waals surface area contributed by atoms with Crippen LogP contribution in [0, 0.1) is 11.7 Å². The normalized spacial score (nSPS) is 26.6. The van der Waals surface area contributed by atoms with Gasteiger partial charge in [-0.1, -0.05) is 13.8 Å². The van der Waals surface area contributed by atoms with Crippen LogP contribution in [0.25, 0.3) is 0 Å². The van der Waals surface area contributed by atoms with Gasteiger partial charge in [0.25, 0.3) is 0 Å². The van der Waals surface area contributed by atoms with E-state index in [-0.39, 0.29) is 12.3 Å². The molecule has 0 unspecified atom stereocenters. The number of hydrogen-bond acceptors (Lipinski definition) is 8. The maximum Gasteiger partial charge on any atom is 0.352 e. The average Bonchev–Trinajstić information content (AvgIpc) is 2.74. The summed E-state index contributed by atoms with van der Waals surface area (Å²) in [4.78, 5) is 31.5. The van der Waals surface area contributed by atoms with Gasteiger partial charge in [-0.15, -0.1) is 0 Å². The van der Waals surface area contributed by atoms with Gasteiger partial charge in [-0.05, 0) is 12.8 Å². The number of halogens is 1. The molecule has 4 atom stereocenters. The van der Waals surface area contributed by atoms with Crippen molar-refractivity contribution < 1.29 is 29.0 Å². The summed E-state index contributed by atoms with van der Waals surface area (Å²) in [6, 6.07) is 0. The summed E-state index contributed by atoms with van der Waals surface area (Å²) >= 11 is 0. The predicted molar refractivity (Wildman–Crippen MR) is 79.2 cm³/mol. The number of aliphatic hydroxyl groups excluding tert-OH is 2. The molecule has 3 N–H and O–H groups in total. The number of aliphatic hydroxyl groups is 2. The maximum absolute atomic E-state index is 14.0. The summed E-state index contributed by atoms with van der Waals surface area (Å²) in [7, 11) is 0. The molecule has 10 heteroatoms. The van der Waals surface area contributed by atoms with Crippen LogP contribution in [-0.4, -0.2) is 44.0 Å². The number of carbonyl (C=O) groups is 1. The van der Waals surface area contributed by atoms with Gasteiger partial charge in [0.05, 0.1) is 18.7 Å². The molecule has 2 heterocycles. The lowest BCUT2D eigenvalue weighted by Gasteiger charge is -2.17. The average molecular weight is 345 g/mol. The SMILES string of the molecule is CC(C)CC(=O)ONc1nc(=O)n([C@@H]2O[C@H](C)[C@@H](O)[C@H]2O)cc1F. The van der Waals surface area contributed by atoms with Gasteiger partial charge in [0, 0.05) is 0 Å². The molecule has 0 aromatic carbocycles. The Kier molecular flexibility index (Phi) is 5.52. The number of rotatable bonds is 5. The third-order valence-corrected chi connectivity index (χ3v) is 3.49. The molecule has 0 radical (unpaired) electrons. The summed E-state index contributed by atoms with van der Waals surface area (Å²) in [5.41, 5.74) is 1.06. The largest absolute Gasteiger partial charge is 0.388 e. The first-order valence-corrected chi connectivity index (χ1v) is 7.46. The first-order valence-electron chi connectivity index (χ1n) is 7.46. The minimum absolute atomic E-state index is 0.0551. The molecule has 1 aliphatic heterocycles. The van der Waals surface area contributed by atoms with Crippen LogP contribution in [0.1, 0.15) is 33.4 Å². The summed E-state index contributed by atoms with van der Waals surface area (Å²) in [5, 5.41) is 19.5. The molecular weight excluding hydrogens is 325 g/mol. The van der Waals surface area contributed by atoms with E-state index in [1.54, 1.807) is 0 Å². The van der Waals surface area contributed by atoms with Crippen molar-refractivity contribution in [2.75, 3.05) is 5.48 Å². The first-order chi connectivity index (χ1) is 11.2. The van der Waals surface area contributed by atoms with Gasteiger partial charge >= 0.3 is 11.7 Å². The molecule has 0 saturated carbocycles. The lowest BCUT2D eigenvalue weighted by molar-refractivity contribution is -0.141. The highest BCUT2D eigenvalue weighted by molar-refractivity contribution is 5.70. The van der Waals surface area contributed by atoms with E-state index in [1.165, 1.54) is 6.92 Å². The van der Waals surface area contributed by atoms with E-state index >= 15 is 0 Å². The summed E-state index contributed by atoms with van der Waals surface area (Å²) in [6.45, 7) is 5.13. The fourth-order valence-corrected chi connectivity index (χ4v) is 2.24. The molecule has 0 aliphatic carbocycles. The van der Waals surface area contributed by atoms with Crippen LogP contribution in [0.15, 0.2) is 11.0 Å². The number of anilines is 1. The van der Waals surface area contributed by atoms with E-state index in [1.807, 2.05) is 19.3 Å². The van der Waals surface area contributed by atoms with E-state index in [0.717, 1.165) is 10.8 Å². The second kappa shape index (κ2) is 7.24. The van der Waals surface area contributed by atoms with Crippen molar-refractivity contribution in [1.29, 1.82) is 0 Å². The summed E-state index contributed by atoms with van der Waals surface area (Å²) in [5.74, 6) is -2.12. The number of hydrogen-bond donors (Lipinski definition) is 3. The molecule has 1 aliphatic rings. The van der Waals surface area contributed by atoms with Crippen molar-refractivity contribution in [2.24, 2.45) is 5.92 Å². The molecule has 0 spiro atoms. The minimum atomic E-state index is -1.40. The molecular formula is C14H20FN3O6. The monoisotopic (exact) mass is 345 g/mol. The highest BCUT2D eigenvalue weighted by Crippen LogP contribution is 2.28. The second-order valence-corrected chi connectivity index (χ2v) is 6.01. The number of nitrogens with one attached hydrogen (secondary N) is 1. The van der Waals surface area contributed by atoms with Crippen LogP contribution in [0.2, 0.25) is 0 Å². The summed E-state index contributed by atoms with van der Waals surface area (Å²) < 4.78 is 20.0. The zero-order valence-corrected chi connectivity index (χ0v) is 13.5. The van der Waals surface area contributed by atoms with Gasteiger partial charge in [0.15, 0.2) is 12.0 Å². The van der Waals surface area contributed by atoms with Crippen LogP contribution >= 0.6 is 0 Å². The minimum Gasteiger partial charge on any atom is -0.388 e. The van der Waals surface area contributed by atoms with Crippen LogP contribution in [-0.2, 0) is 14.4 Å². The van der Waals surface area contributed by atoms with Gasteiger partial charge < -0.3 is 19.8 Å². The fraction of sp³-hybridized carbons (Fsp3) is 0.643. The molecule has 1 aromatic rings. The van der Waals surface area contributed by atoms with Crippen LogP contribution in [0.5, 0.6) is 0 Å². The van der Waals surface area contributed by atoms with E-state index in [0.29, 0.717) is 0 Å². The fourth-order valence-electron chi connectivity index (χ4n) is 2.24. The molecule has 9 nitrogen and oxygen atoms in total. The highest BCUT2D eigenvalue weighted by atomic mass is 19.1. The quantitative estimate of drug-likeness (QED) is 0.634. The Hall–Kier alpha value is -2.04. The Labute approximate surface area is 137 Å². The lowest BCUT2D eigenvalue weighted by atomic mass is 10.1. The predicted octanol–water partition coefficient (Wildman–Crippen LogP) is -0.0623. The standard InChI is InChI=1S/C14H20FN3O6/c1-6(2)4-9(19)24-17-12-8(15)5-18(14(22)16-12)13-11(21)10(20)7(3)23-13/h5-7,10-11,13,20-21H,4H2,1-3H3,(H,16,17,22)/t7-,10-,11-,13-/m1/s1. The molecule has 2 rings (SSSR count).